The molecule has 90 valence electrons. The predicted molar refractivity (Wildman–Crippen MR) is 73.0 cm³/mol. The summed E-state index contributed by atoms with van der Waals surface area (Å²) in [4.78, 5) is 3.55. The molecule has 1 aromatic carbocycles. The topological polar surface area (TPSA) is 12.5 Å². The first kappa shape index (κ1) is 12.3. The molecule has 1 aliphatic rings. The maximum Gasteiger partial charge on any atom is 0.0642 e. The number of allylic oxidation sites excluding steroid dienone is 2. The van der Waals surface area contributed by atoms with Crippen LogP contribution in [0.3, 0.4) is 0 Å². The van der Waals surface area contributed by atoms with Gasteiger partial charge in [-0.25, -0.2) is 0 Å². The highest BCUT2D eigenvalue weighted by atomic mass is 32.2. The van der Waals surface area contributed by atoms with Crippen LogP contribution < -0.4 is 0 Å². The Hall–Kier alpha value is -1.19. The molecule has 2 nitrogen and oxygen atoms in total. The van der Waals surface area contributed by atoms with Crippen LogP contribution >= 0.6 is 11.8 Å². The summed E-state index contributed by atoms with van der Waals surface area (Å²) >= 11 is 1.73. The van der Waals surface area contributed by atoms with E-state index in [0.717, 1.165) is 26.3 Å². The number of benzene rings is 1. The van der Waals surface area contributed by atoms with Crippen LogP contribution in [0.2, 0.25) is 0 Å². The van der Waals surface area contributed by atoms with Crippen molar-refractivity contribution in [2.24, 2.45) is 0 Å². The van der Waals surface area contributed by atoms with Gasteiger partial charge in [0.2, 0.25) is 0 Å². The Morgan fingerprint density at radius 2 is 1.82 bits per heavy atom. The fourth-order valence-corrected chi connectivity index (χ4v) is 2.20. The Balaban J connectivity index is 1.72. The van der Waals surface area contributed by atoms with Crippen molar-refractivity contribution in [2.75, 3.05) is 26.3 Å². The molecule has 0 bridgehead atoms. The maximum absolute atomic E-state index is 5.29. The zero-order chi connectivity index (χ0) is 11.8. The van der Waals surface area contributed by atoms with Crippen LogP contribution in [0.15, 0.2) is 59.0 Å². The van der Waals surface area contributed by atoms with Crippen molar-refractivity contribution < 1.29 is 4.74 Å². The lowest BCUT2D eigenvalue weighted by atomic mass is 10.4. The van der Waals surface area contributed by atoms with E-state index in [0.29, 0.717) is 0 Å². The average molecular weight is 247 g/mol. The minimum Gasteiger partial charge on any atom is -0.378 e. The van der Waals surface area contributed by atoms with Crippen LogP contribution in [-0.4, -0.2) is 31.2 Å². The minimum absolute atomic E-state index is 0.840. The molecule has 0 amide bonds. The quantitative estimate of drug-likeness (QED) is 0.599. The zero-order valence-corrected chi connectivity index (χ0v) is 10.6. The standard InChI is InChI=1S/C14H17NOS/c1-2-6-14(7-3-1)17-13-5-4-8-15-9-11-16-12-10-15/h1-8,13H,9-12H2/b8-4+,13-5-. The highest BCUT2D eigenvalue weighted by Crippen LogP contribution is 2.17. The number of nitrogens with zero attached hydrogens (tertiary/aromatic N) is 1. The smallest absolute Gasteiger partial charge is 0.0642 e. The van der Waals surface area contributed by atoms with E-state index in [-0.39, 0.29) is 0 Å². The van der Waals surface area contributed by atoms with Gasteiger partial charge in [0.1, 0.15) is 0 Å². The Labute approximate surface area is 107 Å². The maximum atomic E-state index is 5.29. The summed E-state index contributed by atoms with van der Waals surface area (Å²) in [5.74, 6) is 0. The Kier molecular flexibility index (Phi) is 5.20. The second-order valence-corrected chi connectivity index (χ2v) is 4.73. The first-order chi connectivity index (χ1) is 8.45. The molecule has 0 saturated carbocycles. The average Bonchev–Trinajstić information content (AvgIpc) is 2.41. The van der Waals surface area contributed by atoms with Gasteiger partial charge < -0.3 is 9.64 Å². The molecular weight excluding hydrogens is 230 g/mol. The molecule has 1 aliphatic heterocycles. The minimum atomic E-state index is 0.840. The first-order valence-electron chi connectivity index (χ1n) is 5.82. The largest absolute Gasteiger partial charge is 0.378 e. The van der Waals surface area contributed by atoms with Gasteiger partial charge in [-0.15, -0.1) is 0 Å². The molecule has 1 saturated heterocycles. The van der Waals surface area contributed by atoms with E-state index in [1.54, 1.807) is 11.8 Å². The zero-order valence-electron chi connectivity index (χ0n) is 9.79. The van der Waals surface area contributed by atoms with E-state index in [1.165, 1.54) is 4.90 Å². The van der Waals surface area contributed by atoms with Gasteiger partial charge in [0.25, 0.3) is 0 Å². The first-order valence-corrected chi connectivity index (χ1v) is 6.70. The lowest BCUT2D eigenvalue weighted by molar-refractivity contribution is 0.0594. The Bertz CT molecular complexity index is 369. The van der Waals surface area contributed by atoms with Crippen molar-refractivity contribution in [1.29, 1.82) is 0 Å². The van der Waals surface area contributed by atoms with Gasteiger partial charge in [0.15, 0.2) is 0 Å². The van der Waals surface area contributed by atoms with Crippen molar-refractivity contribution in [2.45, 2.75) is 4.90 Å². The number of ether oxygens (including phenoxy) is 1. The molecule has 0 N–H and O–H groups in total. The van der Waals surface area contributed by atoms with Crippen molar-refractivity contribution in [1.82, 2.24) is 4.90 Å². The molecule has 0 unspecified atom stereocenters. The van der Waals surface area contributed by atoms with Crippen molar-refractivity contribution >= 4 is 11.8 Å². The third-order valence-electron chi connectivity index (χ3n) is 2.48. The summed E-state index contributed by atoms with van der Waals surface area (Å²) in [6.45, 7) is 3.67. The van der Waals surface area contributed by atoms with E-state index < -0.39 is 0 Å². The SMILES string of the molecule is C(=C/Sc1ccccc1)/C=C/N1CCOCC1. The molecule has 17 heavy (non-hydrogen) atoms. The van der Waals surface area contributed by atoms with Crippen molar-refractivity contribution in [3.05, 3.63) is 54.1 Å². The van der Waals surface area contributed by atoms with Crippen molar-refractivity contribution in [3.63, 3.8) is 0 Å². The van der Waals surface area contributed by atoms with Gasteiger partial charge in [0, 0.05) is 18.0 Å². The summed E-state index contributed by atoms with van der Waals surface area (Å²) in [5.41, 5.74) is 0. The molecule has 1 heterocycles. The van der Waals surface area contributed by atoms with E-state index in [1.807, 2.05) is 6.07 Å². The summed E-state index contributed by atoms with van der Waals surface area (Å²) in [6.07, 6.45) is 6.29. The van der Waals surface area contributed by atoms with E-state index in [2.05, 4.69) is 52.9 Å². The van der Waals surface area contributed by atoms with Gasteiger partial charge in [-0.3, -0.25) is 0 Å². The Morgan fingerprint density at radius 1 is 1.06 bits per heavy atom. The second-order valence-electron chi connectivity index (χ2n) is 3.75. The number of morpholine rings is 1. The lowest BCUT2D eigenvalue weighted by Gasteiger charge is -2.24. The molecule has 3 heteroatoms. The summed E-state index contributed by atoms with van der Waals surface area (Å²) in [5, 5.41) is 2.10. The normalized spacial score (nSPS) is 17.1. The molecule has 1 aromatic rings. The van der Waals surface area contributed by atoms with E-state index in [9.17, 15) is 0 Å². The number of rotatable bonds is 4. The monoisotopic (exact) mass is 247 g/mol. The summed E-state index contributed by atoms with van der Waals surface area (Å²) < 4.78 is 5.29. The fourth-order valence-electron chi connectivity index (χ4n) is 1.56. The fraction of sp³-hybridized carbons (Fsp3) is 0.286. The van der Waals surface area contributed by atoms with Crippen LogP contribution in [0.25, 0.3) is 0 Å². The highest BCUT2D eigenvalue weighted by molar-refractivity contribution is 8.02. The van der Waals surface area contributed by atoms with Gasteiger partial charge in [0.05, 0.1) is 13.2 Å². The molecule has 2 rings (SSSR count). The molecule has 0 atom stereocenters. The summed E-state index contributed by atoms with van der Waals surface area (Å²) in [7, 11) is 0. The van der Waals surface area contributed by atoms with Crippen LogP contribution in [0.1, 0.15) is 0 Å². The van der Waals surface area contributed by atoms with Gasteiger partial charge in [-0.2, -0.15) is 0 Å². The van der Waals surface area contributed by atoms with Crippen LogP contribution in [0.4, 0.5) is 0 Å². The van der Waals surface area contributed by atoms with E-state index in [4.69, 9.17) is 4.74 Å². The molecule has 1 fully saturated rings. The van der Waals surface area contributed by atoms with E-state index >= 15 is 0 Å². The van der Waals surface area contributed by atoms with Crippen LogP contribution in [-0.2, 0) is 4.74 Å². The second kappa shape index (κ2) is 7.20. The lowest BCUT2D eigenvalue weighted by Crippen LogP contribution is -2.31. The number of hydrogen-bond donors (Lipinski definition) is 0. The Morgan fingerprint density at radius 3 is 2.59 bits per heavy atom. The number of hydrogen-bond acceptors (Lipinski definition) is 3. The molecule has 0 radical (unpaired) electrons. The van der Waals surface area contributed by atoms with Gasteiger partial charge >= 0.3 is 0 Å². The predicted octanol–water partition coefficient (Wildman–Crippen LogP) is 3.14. The van der Waals surface area contributed by atoms with Crippen LogP contribution in [0.5, 0.6) is 0 Å². The molecule has 0 spiro atoms. The molecule has 0 aromatic heterocycles. The third kappa shape index (κ3) is 4.67. The van der Waals surface area contributed by atoms with Crippen molar-refractivity contribution in [3.8, 4) is 0 Å². The number of thioether (sulfide) groups is 1. The summed E-state index contributed by atoms with van der Waals surface area (Å²) in [6, 6.07) is 10.4. The molecule has 0 aliphatic carbocycles. The van der Waals surface area contributed by atoms with Crippen LogP contribution in [0, 0.1) is 0 Å². The highest BCUT2D eigenvalue weighted by Gasteiger charge is 2.03. The van der Waals surface area contributed by atoms with Gasteiger partial charge in [-0.05, 0) is 29.8 Å². The third-order valence-corrected chi connectivity index (χ3v) is 3.32. The molecular formula is C14H17NOS. The van der Waals surface area contributed by atoms with Gasteiger partial charge in [-0.1, -0.05) is 36.0 Å².